The molecule has 2 aromatic rings. The second-order valence-corrected chi connectivity index (χ2v) is 6.79. The van der Waals surface area contributed by atoms with Crippen molar-refractivity contribution in [2.75, 3.05) is 27.2 Å². The highest BCUT2D eigenvalue weighted by Crippen LogP contribution is 2.28. The molecule has 0 bridgehead atoms. The molecular formula is C18H22ClN3O. The molecule has 2 heterocycles. The second kappa shape index (κ2) is 6.85. The van der Waals surface area contributed by atoms with Gasteiger partial charge in [0.1, 0.15) is 0 Å². The molecule has 0 N–H and O–H groups in total. The summed E-state index contributed by atoms with van der Waals surface area (Å²) in [6, 6.07) is 7.96. The van der Waals surface area contributed by atoms with E-state index in [9.17, 15) is 4.79 Å². The van der Waals surface area contributed by atoms with E-state index in [-0.39, 0.29) is 11.8 Å². The minimum atomic E-state index is 0.155. The number of aromatic nitrogens is 1. The number of carbonyl (C=O) groups excluding carboxylic acids is 1. The molecule has 1 saturated heterocycles. The fourth-order valence-electron chi connectivity index (χ4n) is 3.26. The Morgan fingerprint density at radius 2 is 2.04 bits per heavy atom. The van der Waals surface area contributed by atoms with Crippen LogP contribution in [0.15, 0.2) is 30.5 Å². The van der Waals surface area contributed by atoms with Gasteiger partial charge in [-0.25, -0.2) is 0 Å². The number of fused-ring (bicyclic) bond motifs is 1. The Morgan fingerprint density at radius 3 is 2.74 bits per heavy atom. The number of halogens is 1. The van der Waals surface area contributed by atoms with Crippen LogP contribution in [0.3, 0.4) is 0 Å². The highest BCUT2D eigenvalue weighted by atomic mass is 35.5. The number of hydrogen-bond acceptors (Lipinski definition) is 3. The molecule has 0 saturated carbocycles. The predicted molar refractivity (Wildman–Crippen MR) is 93.4 cm³/mol. The van der Waals surface area contributed by atoms with Gasteiger partial charge in [-0.2, -0.15) is 0 Å². The Kier molecular flexibility index (Phi) is 4.83. The second-order valence-electron chi connectivity index (χ2n) is 6.38. The molecule has 5 heteroatoms. The van der Waals surface area contributed by atoms with E-state index in [1.807, 2.05) is 38.5 Å². The average Bonchev–Trinajstić information content (AvgIpc) is 2.57. The van der Waals surface area contributed by atoms with Gasteiger partial charge in [0.05, 0.1) is 5.52 Å². The van der Waals surface area contributed by atoms with Crippen molar-refractivity contribution in [1.82, 2.24) is 14.8 Å². The first-order chi connectivity index (χ1) is 11.1. The van der Waals surface area contributed by atoms with E-state index in [1.165, 1.54) is 0 Å². The van der Waals surface area contributed by atoms with Crippen molar-refractivity contribution < 1.29 is 4.79 Å². The van der Waals surface area contributed by atoms with E-state index in [0.29, 0.717) is 0 Å². The first-order valence-electron chi connectivity index (χ1n) is 8.02. The van der Waals surface area contributed by atoms with E-state index in [2.05, 4.69) is 16.0 Å². The van der Waals surface area contributed by atoms with Crippen molar-refractivity contribution >= 4 is 28.4 Å². The fraction of sp³-hybridized carbons (Fsp3) is 0.444. The van der Waals surface area contributed by atoms with Gasteiger partial charge >= 0.3 is 0 Å². The smallest absolute Gasteiger partial charge is 0.225 e. The predicted octanol–water partition coefficient (Wildman–Crippen LogP) is 3.19. The molecular weight excluding hydrogens is 310 g/mol. The fourth-order valence-corrected chi connectivity index (χ4v) is 3.47. The Morgan fingerprint density at radius 1 is 1.30 bits per heavy atom. The van der Waals surface area contributed by atoms with E-state index in [0.717, 1.165) is 54.0 Å². The molecule has 4 nitrogen and oxygen atoms in total. The highest BCUT2D eigenvalue weighted by Gasteiger charge is 2.26. The van der Waals surface area contributed by atoms with Gasteiger partial charge in [-0.05, 0) is 38.1 Å². The van der Waals surface area contributed by atoms with Gasteiger partial charge in [0.2, 0.25) is 5.91 Å². The maximum Gasteiger partial charge on any atom is 0.225 e. The summed E-state index contributed by atoms with van der Waals surface area (Å²) in [6.45, 7) is 2.63. The van der Waals surface area contributed by atoms with E-state index in [4.69, 9.17) is 11.6 Å². The first kappa shape index (κ1) is 16.2. The summed E-state index contributed by atoms with van der Waals surface area (Å²) in [7, 11) is 3.66. The van der Waals surface area contributed by atoms with Gasteiger partial charge in [0.25, 0.3) is 0 Å². The van der Waals surface area contributed by atoms with Crippen molar-refractivity contribution in [2.24, 2.45) is 5.92 Å². The first-order valence-corrected chi connectivity index (χ1v) is 8.39. The summed E-state index contributed by atoms with van der Waals surface area (Å²) in [4.78, 5) is 20.6. The number of nitrogens with zero attached hydrogens (tertiary/aromatic N) is 3. The Labute approximate surface area is 142 Å². The van der Waals surface area contributed by atoms with Crippen LogP contribution in [-0.2, 0) is 11.3 Å². The molecule has 1 aromatic carbocycles. The molecule has 0 aliphatic carbocycles. The Hall–Kier alpha value is -1.65. The van der Waals surface area contributed by atoms with E-state index < -0.39 is 0 Å². The van der Waals surface area contributed by atoms with Crippen LogP contribution < -0.4 is 0 Å². The van der Waals surface area contributed by atoms with Crippen molar-refractivity contribution in [2.45, 2.75) is 19.4 Å². The van der Waals surface area contributed by atoms with Gasteiger partial charge in [-0.3, -0.25) is 14.7 Å². The number of rotatable bonds is 3. The lowest BCUT2D eigenvalue weighted by molar-refractivity contribution is -0.134. The molecule has 0 radical (unpaired) electrons. The quantitative estimate of drug-likeness (QED) is 0.866. The molecule has 0 atom stereocenters. The average molecular weight is 332 g/mol. The zero-order valence-corrected chi connectivity index (χ0v) is 14.4. The summed E-state index contributed by atoms with van der Waals surface area (Å²) in [5, 5.41) is 1.88. The third kappa shape index (κ3) is 3.48. The molecule has 3 rings (SSSR count). The number of carbonyl (C=O) groups is 1. The van der Waals surface area contributed by atoms with Crippen molar-refractivity contribution in [1.29, 1.82) is 0 Å². The number of piperidine rings is 1. The van der Waals surface area contributed by atoms with Crippen LogP contribution >= 0.6 is 11.6 Å². The van der Waals surface area contributed by atoms with Gasteiger partial charge in [0.15, 0.2) is 0 Å². The van der Waals surface area contributed by atoms with E-state index >= 15 is 0 Å². The topological polar surface area (TPSA) is 36.4 Å². The summed E-state index contributed by atoms with van der Waals surface area (Å²) >= 11 is 6.42. The zero-order chi connectivity index (χ0) is 16.4. The minimum Gasteiger partial charge on any atom is -0.349 e. The molecule has 122 valence electrons. The maximum absolute atomic E-state index is 12.1. The number of pyridine rings is 1. The molecule has 1 aliphatic rings. The van der Waals surface area contributed by atoms with Crippen LogP contribution in [0.1, 0.15) is 18.4 Å². The normalized spacial score (nSPS) is 16.7. The molecule has 1 amide bonds. The van der Waals surface area contributed by atoms with Gasteiger partial charge in [-0.15, -0.1) is 0 Å². The summed E-state index contributed by atoms with van der Waals surface area (Å²) in [6.07, 6.45) is 3.63. The van der Waals surface area contributed by atoms with Crippen molar-refractivity contribution in [3.63, 3.8) is 0 Å². The third-order valence-corrected chi connectivity index (χ3v) is 4.94. The van der Waals surface area contributed by atoms with Crippen LogP contribution in [-0.4, -0.2) is 47.9 Å². The number of hydrogen-bond donors (Lipinski definition) is 0. The van der Waals surface area contributed by atoms with Gasteiger partial charge < -0.3 is 4.90 Å². The largest absolute Gasteiger partial charge is 0.349 e. The summed E-state index contributed by atoms with van der Waals surface area (Å²) < 4.78 is 0. The van der Waals surface area contributed by atoms with Gasteiger partial charge in [0, 0.05) is 48.7 Å². The van der Waals surface area contributed by atoms with Crippen LogP contribution in [0.4, 0.5) is 0 Å². The Bertz CT molecular complexity index is 708. The summed E-state index contributed by atoms with van der Waals surface area (Å²) in [5.74, 6) is 0.400. The van der Waals surface area contributed by atoms with Crippen LogP contribution in [0, 0.1) is 5.92 Å². The monoisotopic (exact) mass is 331 g/mol. The lowest BCUT2D eigenvalue weighted by Gasteiger charge is -2.32. The lowest BCUT2D eigenvalue weighted by atomic mass is 9.95. The van der Waals surface area contributed by atoms with Crippen molar-refractivity contribution in [3.8, 4) is 0 Å². The number of benzene rings is 1. The molecule has 0 spiro atoms. The molecule has 1 aromatic heterocycles. The molecule has 0 unspecified atom stereocenters. The molecule has 1 aliphatic heterocycles. The molecule has 23 heavy (non-hydrogen) atoms. The maximum atomic E-state index is 12.1. The number of amides is 1. The summed E-state index contributed by atoms with van der Waals surface area (Å²) in [5.41, 5.74) is 2.06. The third-order valence-electron chi connectivity index (χ3n) is 4.58. The van der Waals surface area contributed by atoms with E-state index in [1.54, 1.807) is 4.90 Å². The number of likely N-dealkylation sites (tertiary alicyclic amines) is 1. The standard InChI is InChI=1S/C18H22ClN3O/c1-21(2)18(23)14-7-10-22(11-8-14)12-15-16(19)6-5-13-4-3-9-20-17(13)15/h3-6,9,14H,7-8,10-12H2,1-2H3. The Balaban J connectivity index is 1.72. The van der Waals surface area contributed by atoms with Crippen LogP contribution in [0.2, 0.25) is 5.02 Å². The van der Waals surface area contributed by atoms with Gasteiger partial charge in [-0.1, -0.05) is 23.7 Å². The minimum absolute atomic E-state index is 0.155. The SMILES string of the molecule is CN(C)C(=O)C1CCN(Cc2c(Cl)ccc3cccnc23)CC1. The van der Waals surface area contributed by atoms with Crippen LogP contribution in [0.25, 0.3) is 10.9 Å². The lowest BCUT2D eigenvalue weighted by Crippen LogP contribution is -2.39. The van der Waals surface area contributed by atoms with Crippen molar-refractivity contribution in [3.05, 3.63) is 41.0 Å². The molecule has 1 fully saturated rings. The highest BCUT2D eigenvalue weighted by molar-refractivity contribution is 6.32. The van der Waals surface area contributed by atoms with Crippen LogP contribution in [0.5, 0.6) is 0 Å². The zero-order valence-electron chi connectivity index (χ0n) is 13.6.